The summed E-state index contributed by atoms with van der Waals surface area (Å²) >= 11 is 0. The van der Waals surface area contributed by atoms with Crippen LogP contribution in [-0.4, -0.2) is 36.5 Å². The van der Waals surface area contributed by atoms with E-state index in [0.717, 1.165) is 32.5 Å². The third-order valence-corrected chi connectivity index (χ3v) is 4.00. The van der Waals surface area contributed by atoms with Gasteiger partial charge in [0.2, 0.25) is 5.91 Å². The molecule has 1 aliphatic carbocycles. The molecule has 92 valence electrons. The summed E-state index contributed by atoms with van der Waals surface area (Å²) in [5.41, 5.74) is 0. The third-order valence-electron chi connectivity index (χ3n) is 4.00. The molecule has 1 unspecified atom stereocenters. The van der Waals surface area contributed by atoms with Gasteiger partial charge in [0.15, 0.2) is 0 Å². The standard InChI is InChI=1S/C13H24N2O/c1-2-15(10-12-8-5-9-14-12)13(16)11-6-3-4-7-11/h11-12,14H,2-10H2,1H3. The molecule has 0 aromatic carbocycles. The minimum Gasteiger partial charge on any atom is -0.341 e. The zero-order valence-corrected chi connectivity index (χ0v) is 10.4. The lowest BCUT2D eigenvalue weighted by atomic mass is 10.1. The summed E-state index contributed by atoms with van der Waals surface area (Å²) < 4.78 is 0. The molecule has 0 radical (unpaired) electrons. The molecule has 2 fully saturated rings. The predicted octanol–water partition coefficient (Wildman–Crippen LogP) is 1.78. The number of hydrogen-bond acceptors (Lipinski definition) is 2. The lowest BCUT2D eigenvalue weighted by Crippen LogP contribution is -2.43. The summed E-state index contributed by atoms with van der Waals surface area (Å²) in [4.78, 5) is 14.3. The second-order valence-electron chi connectivity index (χ2n) is 5.15. The van der Waals surface area contributed by atoms with E-state index in [0.29, 0.717) is 17.9 Å². The highest BCUT2D eigenvalue weighted by molar-refractivity contribution is 5.79. The van der Waals surface area contributed by atoms with Crippen molar-refractivity contribution in [1.82, 2.24) is 10.2 Å². The highest BCUT2D eigenvalue weighted by atomic mass is 16.2. The number of carbonyl (C=O) groups excluding carboxylic acids is 1. The summed E-state index contributed by atoms with van der Waals surface area (Å²) in [6.07, 6.45) is 7.22. The Morgan fingerprint density at radius 3 is 2.56 bits per heavy atom. The highest BCUT2D eigenvalue weighted by Crippen LogP contribution is 2.26. The second-order valence-corrected chi connectivity index (χ2v) is 5.15. The Hall–Kier alpha value is -0.570. The van der Waals surface area contributed by atoms with Crippen molar-refractivity contribution in [3.63, 3.8) is 0 Å². The van der Waals surface area contributed by atoms with E-state index in [1.54, 1.807) is 0 Å². The number of carbonyl (C=O) groups is 1. The fraction of sp³-hybridized carbons (Fsp3) is 0.923. The summed E-state index contributed by atoms with van der Waals surface area (Å²) in [7, 11) is 0. The number of rotatable bonds is 4. The van der Waals surface area contributed by atoms with Gasteiger partial charge in [-0.25, -0.2) is 0 Å². The zero-order chi connectivity index (χ0) is 11.4. The first-order chi connectivity index (χ1) is 7.81. The first-order valence-corrected chi connectivity index (χ1v) is 6.83. The molecule has 1 N–H and O–H groups in total. The molecule has 0 spiro atoms. The maximum atomic E-state index is 12.3. The van der Waals surface area contributed by atoms with Crippen LogP contribution in [0.15, 0.2) is 0 Å². The van der Waals surface area contributed by atoms with E-state index >= 15 is 0 Å². The molecule has 16 heavy (non-hydrogen) atoms. The number of nitrogens with zero attached hydrogens (tertiary/aromatic N) is 1. The van der Waals surface area contributed by atoms with E-state index in [2.05, 4.69) is 17.1 Å². The van der Waals surface area contributed by atoms with Gasteiger partial charge in [-0.1, -0.05) is 12.8 Å². The molecule has 0 aromatic heterocycles. The van der Waals surface area contributed by atoms with Gasteiger partial charge in [0.05, 0.1) is 0 Å². The normalized spacial score (nSPS) is 26.2. The summed E-state index contributed by atoms with van der Waals surface area (Å²) in [5, 5.41) is 3.47. The van der Waals surface area contributed by atoms with Crippen LogP contribution in [0.3, 0.4) is 0 Å². The Morgan fingerprint density at radius 2 is 2.00 bits per heavy atom. The fourth-order valence-electron chi connectivity index (χ4n) is 2.98. The molecule has 1 saturated heterocycles. The van der Waals surface area contributed by atoms with Crippen LogP contribution in [0.25, 0.3) is 0 Å². The summed E-state index contributed by atoms with van der Waals surface area (Å²) in [6, 6.07) is 0.547. The van der Waals surface area contributed by atoms with E-state index in [4.69, 9.17) is 0 Å². The second kappa shape index (κ2) is 5.67. The number of nitrogens with one attached hydrogen (secondary N) is 1. The van der Waals surface area contributed by atoms with Crippen molar-refractivity contribution in [1.29, 1.82) is 0 Å². The summed E-state index contributed by atoms with van der Waals surface area (Å²) in [5.74, 6) is 0.745. The molecule has 1 heterocycles. The van der Waals surface area contributed by atoms with Crippen molar-refractivity contribution < 1.29 is 4.79 Å². The van der Waals surface area contributed by atoms with Gasteiger partial charge >= 0.3 is 0 Å². The highest BCUT2D eigenvalue weighted by Gasteiger charge is 2.28. The average molecular weight is 224 g/mol. The van der Waals surface area contributed by atoms with Crippen LogP contribution in [0.5, 0.6) is 0 Å². The van der Waals surface area contributed by atoms with Crippen LogP contribution in [0.2, 0.25) is 0 Å². The average Bonchev–Trinajstić information content (AvgIpc) is 2.97. The van der Waals surface area contributed by atoms with Crippen molar-refractivity contribution >= 4 is 5.91 Å². The van der Waals surface area contributed by atoms with Gasteiger partial charge in [-0.15, -0.1) is 0 Å². The van der Waals surface area contributed by atoms with Crippen molar-refractivity contribution in [2.75, 3.05) is 19.6 Å². The monoisotopic (exact) mass is 224 g/mol. The van der Waals surface area contributed by atoms with Crippen molar-refractivity contribution in [3.8, 4) is 0 Å². The molecule has 2 aliphatic rings. The van der Waals surface area contributed by atoms with E-state index in [1.807, 2.05) is 0 Å². The van der Waals surface area contributed by atoms with E-state index in [-0.39, 0.29) is 0 Å². The Bertz CT molecular complexity index is 230. The Balaban J connectivity index is 1.84. The van der Waals surface area contributed by atoms with Crippen LogP contribution in [0.4, 0.5) is 0 Å². The molecule has 1 saturated carbocycles. The quantitative estimate of drug-likeness (QED) is 0.789. The van der Waals surface area contributed by atoms with Gasteiger partial charge in [-0.2, -0.15) is 0 Å². The van der Waals surface area contributed by atoms with E-state index in [1.165, 1.54) is 25.7 Å². The molecule has 1 atom stereocenters. The first-order valence-electron chi connectivity index (χ1n) is 6.83. The van der Waals surface area contributed by atoms with Gasteiger partial charge in [-0.05, 0) is 39.2 Å². The third kappa shape index (κ3) is 2.76. The zero-order valence-electron chi connectivity index (χ0n) is 10.4. The van der Waals surface area contributed by atoms with Crippen LogP contribution in [-0.2, 0) is 4.79 Å². The van der Waals surface area contributed by atoms with Crippen molar-refractivity contribution in [2.24, 2.45) is 5.92 Å². The minimum absolute atomic E-state index is 0.335. The van der Waals surface area contributed by atoms with Gasteiger partial charge in [0.25, 0.3) is 0 Å². The molecule has 2 rings (SSSR count). The maximum Gasteiger partial charge on any atom is 0.225 e. The maximum absolute atomic E-state index is 12.3. The minimum atomic E-state index is 0.335. The number of amides is 1. The Kier molecular flexibility index (Phi) is 4.22. The van der Waals surface area contributed by atoms with Crippen LogP contribution in [0.1, 0.15) is 45.4 Å². The molecule has 3 nitrogen and oxygen atoms in total. The topological polar surface area (TPSA) is 32.3 Å². The molecule has 1 aliphatic heterocycles. The van der Waals surface area contributed by atoms with E-state index in [9.17, 15) is 4.79 Å². The molecule has 1 amide bonds. The van der Waals surface area contributed by atoms with Gasteiger partial charge < -0.3 is 10.2 Å². The van der Waals surface area contributed by atoms with Crippen LogP contribution >= 0.6 is 0 Å². The van der Waals surface area contributed by atoms with Gasteiger partial charge in [-0.3, -0.25) is 4.79 Å². The Morgan fingerprint density at radius 1 is 1.25 bits per heavy atom. The predicted molar refractivity (Wildman–Crippen MR) is 65.2 cm³/mol. The molecule has 3 heteroatoms. The number of hydrogen-bond donors (Lipinski definition) is 1. The van der Waals surface area contributed by atoms with Crippen molar-refractivity contribution in [3.05, 3.63) is 0 Å². The van der Waals surface area contributed by atoms with Crippen LogP contribution in [0, 0.1) is 5.92 Å². The first kappa shape index (κ1) is 11.9. The lowest BCUT2D eigenvalue weighted by Gasteiger charge is -2.27. The largest absolute Gasteiger partial charge is 0.341 e. The van der Waals surface area contributed by atoms with Gasteiger partial charge in [0.1, 0.15) is 0 Å². The van der Waals surface area contributed by atoms with E-state index < -0.39 is 0 Å². The molecule has 0 bridgehead atoms. The smallest absolute Gasteiger partial charge is 0.225 e. The molecular weight excluding hydrogens is 200 g/mol. The Labute approximate surface area is 98.6 Å². The van der Waals surface area contributed by atoms with Gasteiger partial charge in [0, 0.05) is 25.0 Å². The number of likely N-dealkylation sites (N-methyl/N-ethyl adjacent to an activating group) is 1. The van der Waals surface area contributed by atoms with Crippen molar-refractivity contribution in [2.45, 2.75) is 51.5 Å². The summed E-state index contributed by atoms with van der Waals surface area (Å²) in [6.45, 7) is 5.01. The molecule has 0 aromatic rings. The SMILES string of the molecule is CCN(CC1CCCN1)C(=O)C1CCCC1. The molecular formula is C13H24N2O. The van der Waals surface area contributed by atoms with Crippen LogP contribution < -0.4 is 5.32 Å². The fourth-order valence-corrected chi connectivity index (χ4v) is 2.98. The lowest BCUT2D eigenvalue weighted by molar-refractivity contribution is -0.135.